The number of ether oxygens (including phenoxy) is 1. The molecule has 8 aliphatic rings. The smallest absolute Gasteiger partial charge is 0.186 e. The summed E-state index contributed by atoms with van der Waals surface area (Å²) < 4.78 is 6.06. The van der Waals surface area contributed by atoms with Crippen molar-refractivity contribution in [2.24, 2.45) is 45.7 Å². The van der Waals surface area contributed by atoms with Crippen LogP contribution in [0.3, 0.4) is 0 Å². The minimum atomic E-state index is -1.64. The molecule has 15 atom stereocenters. The molecule has 3 saturated carbocycles. The summed E-state index contributed by atoms with van der Waals surface area (Å²) in [5.74, 6) is 5.84. The van der Waals surface area contributed by atoms with E-state index in [1.165, 1.54) is 0 Å². The topological polar surface area (TPSA) is 198 Å². The van der Waals surface area contributed by atoms with Crippen LogP contribution in [0, 0.1) is 51.8 Å². The van der Waals surface area contributed by atoms with E-state index in [-0.39, 0.29) is 74.0 Å². The molecule has 0 aromatic heterocycles. The first kappa shape index (κ1) is 37.1. The normalized spacial score (nSPS) is 46.6. The highest BCUT2D eigenvalue weighted by Crippen LogP contribution is 2.74. The first-order chi connectivity index (χ1) is 24.0. The third-order valence-corrected chi connectivity index (χ3v) is 15.0. The van der Waals surface area contributed by atoms with Crippen LogP contribution in [0.15, 0.2) is 35.2 Å². The predicted molar refractivity (Wildman–Crippen MR) is 190 cm³/mol. The Morgan fingerprint density at radius 3 is 2.53 bits per heavy atom. The van der Waals surface area contributed by atoms with Gasteiger partial charge in [-0.2, -0.15) is 0 Å². The standard InChI is InChI=1S/C40H59N3O8/c1-22-21-51-33(24(22)3)35(48)36(4,49)29-11-16-40(50)31-26-10-15-37(29,40)12-5-6-13-39(34(47)32(31)43-19-23(2)44)18-28(46)27(45)17-38(26,39)14-9-25-7-8-30(41)42-20-25/h7-8,20,22-24,26-30,33,35,42-46,48-50H,9-19,21,41H2,1-4H3. The zero-order valence-electron chi connectivity index (χ0n) is 30.6. The van der Waals surface area contributed by atoms with Crippen molar-refractivity contribution >= 4 is 5.78 Å². The molecule has 0 aromatic carbocycles. The number of nitrogens with one attached hydrogen (secondary N) is 2. The Morgan fingerprint density at radius 2 is 1.86 bits per heavy atom. The van der Waals surface area contributed by atoms with Crippen LogP contribution in [-0.2, 0) is 9.53 Å². The largest absolute Gasteiger partial charge is 0.392 e. The lowest BCUT2D eigenvalue weighted by Crippen LogP contribution is -2.69. The second kappa shape index (κ2) is 12.9. The molecule has 4 fully saturated rings. The molecule has 6 aliphatic carbocycles. The van der Waals surface area contributed by atoms with E-state index >= 15 is 4.79 Å². The van der Waals surface area contributed by atoms with Gasteiger partial charge in [0.1, 0.15) is 6.10 Å². The Bertz CT molecular complexity index is 1560. The average Bonchev–Trinajstić information content (AvgIpc) is 3.59. The maximum atomic E-state index is 15.4. The molecule has 2 spiro atoms. The van der Waals surface area contributed by atoms with Crippen molar-refractivity contribution in [3.8, 4) is 11.8 Å². The van der Waals surface area contributed by atoms with Gasteiger partial charge in [0.05, 0.1) is 52.9 Å². The van der Waals surface area contributed by atoms with E-state index in [0.29, 0.717) is 44.3 Å². The first-order valence-corrected chi connectivity index (χ1v) is 19.2. The number of fused-ring (bicyclic) bond motifs is 4. The van der Waals surface area contributed by atoms with Gasteiger partial charge in [-0.25, -0.2) is 0 Å². The van der Waals surface area contributed by atoms with Gasteiger partial charge in [-0.15, -0.1) is 11.8 Å². The van der Waals surface area contributed by atoms with Gasteiger partial charge in [-0.3, -0.25) is 4.79 Å². The summed E-state index contributed by atoms with van der Waals surface area (Å²) in [5.41, 5.74) is 1.66. The van der Waals surface area contributed by atoms with Crippen molar-refractivity contribution in [3.05, 3.63) is 35.2 Å². The Labute approximate surface area is 301 Å². The lowest BCUT2D eigenvalue weighted by molar-refractivity contribution is -0.208. The number of hydrogen-bond acceptors (Lipinski definition) is 11. The number of aliphatic hydroxyl groups is 6. The quantitative estimate of drug-likeness (QED) is 0.157. The number of allylic oxidation sites excluding steroid dienone is 3. The van der Waals surface area contributed by atoms with Crippen LogP contribution >= 0.6 is 0 Å². The fourth-order valence-corrected chi connectivity index (χ4v) is 12.1. The molecule has 0 amide bonds. The number of hydrogen-bond donors (Lipinski definition) is 9. The molecule has 2 heterocycles. The molecular weight excluding hydrogens is 650 g/mol. The van der Waals surface area contributed by atoms with Crippen molar-refractivity contribution in [1.82, 2.24) is 10.6 Å². The fraction of sp³-hybridized carbons (Fsp3) is 0.775. The van der Waals surface area contributed by atoms with Crippen LogP contribution in [0.5, 0.6) is 0 Å². The van der Waals surface area contributed by atoms with E-state index in [0.717, 1.165) is 5.57 Å². The monoisotopic (exact) mass is 709 g/mol. The maximum absolute atomic E-state index is 15.4. The van der Waals surface area contributed by atoms with Gasteiger partial charge in [-0.1, -0.05) is 19.9 Å². The molecule has 51 heavy (non-hydrogen) atoms. The molecule has 4 bridgehead atoms. The van der Waals surface area contributed by atoms with Crippen LogP contribution in [-0.4, -0.2) is 97.5 Å². The molecule has 1 saturated heterocycles. The summed E-state index contributed by atoms with van der Waals surface area (Å²) in [7, 11) is 0. The van der Waals surface area contributed by atoms with Gasteiger partial charge >= 0.3 is 0 Å². The molecule has 282 valence electrons. The Hall–Kier alpha value is -2.27. The van der Waals surface area contributed by atoms with Gasteiger partial charge < -0.3 is 51.7 Å². The lowest BCUT2D eigenvalue weighted by atomic mass is 9.37. The van der Waals surface area contributed by atoms with Crippen LogP contribution in [0.2, 0.25) is 0 Å². The summed E-state index contributed by atoms with van der Waals surface area (Å²) in [4.78, 5) is 15.4. The molecule has 0 aromatic rings. The number of nitrogens with two attached hydrogens (primary N) is 1. The summed E-state index contributed by atoms with van der Waals surface area (Å²) in [6.07, 6.45) is 4.14. The second-order valence-corrected chi connectivity index (χ2v) is 17.6. The maximum Gasteiger partial charge on any atom is 0.186 e. The molecule has 8 rings (SSSR count). The molecular formula is C40H59N3O8. The Morgan fingerprint density at radius 1 is 1.14 bits per heavy atom. The number of aliphatic hydroxyl groups excluding tert-OH is 4. The predicted octanol–water partition coefficient (Wildman–Crippen LogP) is 1.51. The zero-order valence-corrected chi connectivity index (χ0v) is 30.6. The van der Waals surface area contributed by atoms with Crippen molar-refractivity contribution in [3.63, 3.8) is 0 Å². The minimum Gasteiger partial charge on any atom is -0.392 e. The SMILES string of the molecule is CC(O)CNC1=C2C3CCC4(CC#CCC5(CC(O)C(O)CC35CCC3=CNC(N)C=C3)C1=O)C(C(C)(O)C(O)C1OCC(C)C1C)CCC24O. The molecule has 11 nitrogen and oxygen atoms in total. The average molecular weight is 710 g/mol. The number of Topliss-reactive ketones (excluding diaryl/α,β-unsaturated/α-hetero) is 1. The molecule has 2 aliphatic heterocycles. The summed E-state index contributed by atoms with van der Waals surface area (Å²) in [5, 5.41) is 77.6. The summed E-state index contributed by atoms with van der Waals surface area (Å²) in [6.45, 7) is 8.01. The molecule has 10 N–H and O–H groups in total. The van der Waals surface area contributed by atoms with E-state index in [1.807, 2.05) is 25.3 Å². The first-order valence-electron chi connectivity index (χ1n) is 19.2. The van der Waals surface area contributed by atoms with E-state index in [4.69, 9.17) is 10.5 Å². The highest BCUT2D eigenvalue weighted by molar-refractivity contribution is 6.03. The van der Waals surface area contributed by atoms with Crippen LogP contribution in [0.1, 0.15) is 91.9 Å². The van der Waals surface area contributed by atoms with Crippen molar-refractivity contribution < 1.29 is 40.2 Å². The molecule has 0 radical (unpaired) electrons. The highest BCUT2D eigenvalue weighted by Gasteiger charge is 2.75. The van der Waals surface area contributed by atoms with Gasteiger partial charge in [-0.05, 0) is 112 Å². The number of carbonyl (C=O) groups is 1. The molecule has 15 unspecified atom stereocenters. The van der Waals surface area contributed by atoms with Crippen LogP contribution in [0.25, 0.3) is 0 Å². The van der Waals surface area contributed by atoms with Crippen molar-refractivity contribution in [2.45, 2.75) is 140 Å². The number of dihydropyridines is 1. The highest BCUT2D eigenvalue weighted by atomic mass is 16.5. The summed E-state index contributed by atoms with van der Waals surface area (Å²) in [6, 6.07) is 0. The summed E-state index contributed by atoms with van der Waals surface area (Å²) >= 11 is 0. The van der Waals surface area contributed by atoms with Gasteiger partial charge in [0.15, 0.2) is 5.78 Å². The van der Waals surface area contributed by atoms with E-state index in [9.17, 15) is 30.6 Å². The second-order valence-electron chi connectivity index (χ2n) is 17.6. The molecule has 11 heteroatoms. The third-order valence-electron chi connectivity index (χ3n) is 15.0. The number of carbonyl (C=O) groups excluding carboxylic acids is 1. The number of rotatable bonds is 9. The minimum absolute atomic E-state index is 0.0277. The van der Waals surface area contributed by atoms with E-state index in [1.54, 1.807) is 13.8 Å². The van der Waals surface area contributed by atoms with Crippen molar-refractivity contribution in [2.75, 3.05) is 13.2 Å². The van der Waals surface area contributed by atoms with E-state index in [2.05, 4.69) is 29.4 Å². The zero-order chi connectivity index (χ0) is 36.7. The van der Waals surface area contributed by atoms with Crippen LogP contribution < -0.4 is 16.4 Å². The van der Waals surface area contributed by atoms with Crippen molar-refractivity contribution in [1.29, 1.82) is 0 Å². The van der Waals surface area contributed by atoms with Gasteiger partial charge in [0.2, 0.25) is 0 Å². The Balaban J connectivity index is 1.40. The Kier molecular flexibility index (Phi) is 9.41. The van der Waals surface area contributed by atoms with Gasteiger partial charge in [0, 0.05) is 37.6 Å². The van der Waals surface area contributed by atoms with Gasteiger partial charge in [0.25, 0.3) is 0 Å². The van der Waals surface area contributed by atoms with E-state index < -0.39 is 63.9 Å². The lowest BCUT2D eigenvalue weighted by Gasteiger charge is -2.67. The third kappa shape index (κ3) is 5.34. The van der Waals surface area contributed by atoms with Crippen LogP contribution in [0.4, 0.5) is 0 Å². The number of ketones is 1. The fourth-order valence-electron chi connectivity index (χ4n) is 12.1.